The van der Waals surface area contributed by atoms with Gasteiger partial charge < -0.3 is 15.2 Å². The lowest BCUT2D eigenvalue weighted by Crippen LogP contribution is -2.29. The third kappa shape index (κ3) is 4.75. The molecule has 0 radical (unpaired) electrons. The van der Waals surface area contributed by atoms with Crippen LogP contribution < -0.4 is 10.1 Å². The Labute approximate surface area is 104 Å². The maximum absolute atomic E-state index is 8.79. The molecule has 96 valence electrons. The fourth-order valence-electron chi connectivity index (χ4n) is 1.91. The summed E-state index contributed by atoms with van der Waals surface area (Å²) in [6.45, 7) is 4.55. The molecule has 0 aliphatic rings. The Morgan fingerprint density at radius 3 is 2.76 bits per heavy atom. The van der Waals surface area contributed by atoms with Gasteiger partial charge in [0.25, 0.3) is 0 Å². The summed E-state index contributed by atoms with van der Waals surface area (Å²) < 4.78 is 5.21. The van der Waals surface area contributed by atoms with E-state index in [1.54, 1.807) is 7.11 Å². The molecule has 0 heterocycles. The normalized spacial score (nSPS) is 14.4. The second-order valence-corrected chi connectivity index (χ2v) is 4.43. The molecule has 0 aromatic heterocycles. The van der Waals surface area contributed by atoms with Crippen molar-refractivity contribution in [3.63, 3.8) is 0 Å². The highest BCUT2D eigenvalue weighted by Gasteiger charge is 2.09. The van der Waals surface area contributed by atoms with Crippen molar-refractivity contribution in [3.05, 3.63) is 29.8 Å². The molecule has 0 fully saturated rings. The van der Waals surface area contributed by atoms with Gasteiger partial charge in [0.15, 0.2) is 0 Å². The highest BCUT2D eigenvalue weighted by molar-refractivity contribution is 5.30. The van der Waals surface area contributed by atoms with Gasteiger partial charge in [0, 0.05) is 18.7 Å². The zero-order chi connectivity index (χ0) is 12.7. The predicted octanol–water partition coefficient (Wildman–Crippen LogP) is 2.51. The second kappa shape index (κ2) is 7.30. The molecule has 17 heavy (non-hydrogen) atoms. The van der Waals surface area contributed by atoms with E-state index in [9.17, 15) is 0 Å². The van der Waals surface area contributed by atoms with Crippen LogP contribution in [0, 0.1) is 0 Å². The van der Waals surface area contributed by atoms with Crippen molar-refractivity contribution >= 4 is 0 Å². The minimum atomic E-state index is 0.263. The lowest BCUT2D eigenvalue weighted by atomic mass is 10.1. The summed E-state index contributed by atoms with van der Waals surface area (Å²) >= 11 is 0. The van der Waals surface area contributed by atoms with Gasteiger partial charge >= 0.3 is 0 Å². The Balaban J connectivity index is 2.53. The SMILES string of the molecule is COc1cccc(C(C)NC(C)CCCO)c1. The molecule has 1 rings (SSSR count). The minimum absolute atomic E-state index is 0.263. The van der Waals surface area contributed by atoms with Crippen LogP contribution in [0.2, 0.25) is 0 Å². The second-order valence-electron chi connectivity index (χ2n) is 4.43. The fraction of sp³-hybridized carbons (Fsp3) is 0.571. The van der Waals surface area contributed by atoms with Gasteiger partial charge in [-0.3, -0.25) is 0 Å². The first-order chi connectivity index (χ1) is 8.17. The molecule has 1 aromatic rings. The number of aliphatic hydroxyl groups excluding tert-OH is 1. The predicted molar refractivity (Wildman–Crippen MR) is 70.3 cm³/mol. The fourth-order valence-corrected chi connectivity index (χ4v) is 1.91. The van der Waals surface area contributed by atoms with E-state index >= 15 is 0 Å². The number of nitrogens with one attached hydrogen (secondary N) is 1. The van der Waals surface area contributed by atoms with Crippen LogP contribution in [0.15, 0.2) is 24.3 Å². The van der Waals surface area contributed by atoms with E-state index in [1.807, 2.05) is 12.1 Å². The number of aliphatic hydroxyl groups is 1. The summed E-state index contributed by atoms with van der Waals surface area (Å²) in [4.78, 5) is 0. The van der Waals surface area contributed by atoms with Crippen molar-refractivity contribution in [1.82, 2.24) is 5.32 Å². The molecule has 2 unspecified atom stereocenters. The Bertz CT molecular complexity index is 328. The van der Waals surface area contributed by atoms with Crippen LogP contribution >= 0.6 is 0 Å². The van der Waals surface area contributed by atoms with Crippen molar-refractivity contribution in [2.24, 2.45) is 0 Å². The molecule has 0 saturated carbocycles. The summed E-state index contributed by atoms with van der Waals surface area (Å²) in [5.74, 6) is 0.888. The van der Waals surface area contributed by atoms with Crippen molar-refractivity contribution < 1.29 is 9.84 Å². The number of methoxy groups -OCH3 is 1. The van der Waals surface area contributed by atoms with Crippen molar-refractivity contribution in [3.8, 4) is 5.75 Å². The van der Waals surface area contributed by atoms with Gasteiger partial charge in [0.05, 0.1) is 7.11 Å². The molecular formula is C14H23NO2. The number of ether oxygens (including phenoxy) is 1. The summed E-state index contributed by atoms with van der Waals surface area (Å²) in [5.41, 5.74) is 1.22. The minimum Gasteiger partial charge on any atom is -0.497 e. The zero-order valence-electron chi connectivity index (χ0n) is 10.9. The third-order valence-corrected chi connectivity index (χ3v) is 2.92. The molecule has 3 nitrogen and oxygen atoms in total. The molecule has 2 atom stereocenters. The first-order valence-electron chi connectivity index (χ1n) is 6.18. The maximum Gasteiger partial charge on any atom is 0.119 e. The summed E-state index contributed by atoms with van der Waals surface area (Å²) in [5, 5.41) is 12.3. The van der Waals surface area contributed by atoms with Crippen molar-refractivity contribution in [1.29, 1.82) is 0 Å². The molecular weight excluding hydrogens is 214 g/mol. The molecule has 1 aromatic carbocycles. The van der Waals surface area contributed by atoms with Crippen LogP contribution in [-0.4, -0.2) is 24.9 Å². The molecule has 0 saturated heterocycles. The van der Waals surface area contributed by atoms with Gasteiger partial charge in [0.2, 0.25) is 0 Å². The summed E-state index contributed by atoms with van der Waals surface area (Å²) in [7, 11) is 1.68. The average molecular weight is 237 g/mol. The van der Waals surface area contributed by atoms with Crippen LogP contribution in [0.5, 0.6) is 5.75 Å². The van der Waals surface area contributed by atoms with Crippen LogP contribution in [0.3, 0.4) is 0 Å². The Morgan fingerprint density at radius 2 is 2.12 bits per heavy atom. The van der Waals surface area contributed by atoms with E-state index in [-0.39, 0.29) is 6.61 Å². The first-order valence-corrected chi connectivity index (χ1v) is 6.18. The molecule has 2 N–H and O–H groups in total. The third-order valence-electron chi connectivity index (χ3n) is 2.92. The van der Waals surface area contributed by atoms with Gasteiger partial charge in [-0.15, -0.1) is 0 Å². The van der Waals surface area contributed by atoms with Gasteiger partial charge in [-0.1, -0.05) is 12.1 Å². The van der Waals surface area contributed by atoms with Gasteiger partial charge in [0.1, 0.15) is 5.75 Å². The van der Waals surface area contributed by atoms with E-state index in [2.05, 4.69) is 31.3 Å². The molecule has 0 aliphatic carbocycles. The standard InChI is InChI=1S/C14H23NO2/c1-11(6-5-9-16)15-12(2)13-7-4-8-14(10-13)17-3/h4,7-8,10-12,15-16H,5-6,9H2,1-3H3. The quantitative estimate of drug-likeness (QED) is 0.765. The summed E-state index contributed by atoms with van der Waals surface area (Å²) in [6, 6.07) is 8.80. The van der Waals surface area contributed by atoms with E-state index in [0.717, 1.165) is 18.6 Å². The highest BCUT2D eigenvalue weighted by Crippen LogP contribution is 2.19. The van der Waals surface area contributed by atoms with E-state index < -0.39 is 0 Å². The van der Waals surface area contributed by atoms with Gasteiger partial charge in [-0.2, -0.15) is 0 Å². The Hall–Kier alpha value is -1.06. The molecule has 0 aliphatic heterocycles. The van der Waals surface area contributed by atoms with E-state index in [0.29, 0.717) is 12.1 Å². The molecule has 0 spiro atoms. The van der Waals surface area contributed by atoms with Crippen molar-refractivity contribution in [2.45, 2.75) is 38.8 Å². The number of hydrogen-bond donors (Lipinski definition) is 2. The average Bonchev–Trinajstić information content (AvgIpc) is 2.36. The van der Waals surface area contributed by atoms with Crippen LogP contribution in [0.1, 0.15) is 38.3 Å². The Kier molecular flexibility index (Phi) is 6.01. The molecule has 0 bridgehead atoms. The van der Waals surface area contributed by atoms with Crippen LogP contribution in [0.25, 0.3) is 0 Å². The number of benzene rings is 1. The van der Waals surface area contributed by atoms with Crippen LogP contribution in [-0.2, 0) is 0 Å². The van der Waals surface area contributed by atoms with Crippen molar-refractivity contribution in [2.75, 3.05) is 13.7 Å². The van der Waals surface area contributed by atoms with E-state index in [1.165, 1.54) is 5.56 Å². The highest BCUT2D eigenvalue weighted by atomic mass is 16.5. The zero-order valence-corrected chi connectivity index (χ0v) is 10.9. The monoisotopic (exact) mass is 237 g/mol. The molecule has 0 amide bonds. The van der Waals surface area contributed by atoms with E-state index in [4.69, 9.17) is 9.84 Å². The number of hydrogen-bond acceptors (Lipinski definition) is 3. The lowest BCUT2D eigenvalue weighted by molar-refractivity contribution is 0.274. The molecule has 3 heteroatoms. The largest absolute Gasteiger partial charge is 0.497 e. The first kappa shape index (κ1) is 14.0. The number of rotatable bonds is 7. The smallest absolute Gasteiger partial charge is 0.119 e. The van der Waals surface area contributed by atoms with Gasteiger partial charge in [-0.05, 0) is 44.4 Å². The van der Waals surface area contributed by atoms with Gasteiger partial charge in [-0.25, -0.2) is 0 Å². The maximum atomic E-state index is 8.79. The Morgan fingerprint density at radius 1 is 1.35 bits per heavy atom. The lowest BCUT2D eigenvalue weighted by Gasteiger charge is -2.20. The summed E-state index contributed by atoms with van der Waals surface area (Å²) in [6.07, 6.45) is 1.84. The topological polar surface area (TPSA) is 41.5 Å². The van der Waals surface area contributed by atoms with Crippen LogP contribution in [0.4, 0.5) is 0 Å².